The highest BCUT2D eigenvalue weighted by Crippen LogP contribution is 2.37. The summed E-state index contributed by atoms with van der Waals surface area (Å²) in [6.07, 6.45) is 0.0518. The van der Waals surface area contributed by atoms with Crippen LogP contribution in [-0.2, 0) is 9.63 Å². The Morgan fingerprint density at radius 2 is 2.16 bits per heavy atom. The monoisotopic (exact) mass is 351 g/mol. The van der Waals surface area contributed by atoms with Crippen molar-refractivity contribution in [1.82, 2.24) is 9.88 Å². The average Bonchev–Trinajstić information content (AvgIpc) is 2.59. The largest absolute Gasteiger partial charge is 0.481 e. The first kappa shape index (κ1) is 18.0. The van der Waals surface area contributed by atoms with E-state index in [-0.39, 0.29) is 41.8 Å². The molecule has 1 aliphatic heterocycles. The van der Waals surface area contributed by atoms with Gasteiger partial charge in [0.1, 0.15) is 12.3 Å². The number of ether oxygens (including phenoxy) is 2. The van der Waals surface area contributed by atoms with Crippen LogP contribution in [-0.4, -0.2) is 65.2 Å². The fourth-order valence-electron chi connectivity index (χ4n) is 2.46. The summed E-state index contributed by atoms with van der Waals surface area (Å²) in [6, 6.07) is -0.119. The maximum atomic E-state index is 11.7. The maximum Gasteiger partial charge on any atom is 0.408 e. The van der Waals surface area contributed by atoms with Crippen molar-refractivity contribution in [2.45, 2.75) is 6.04 Å². The molecule has 10 heteroatoms. The Hall–Kier alpha value is -3.30. The molecular weight excluding hydrogens is 334 g/mol. The second kappa shape index (κ2) is 7.51. The lowest BCUT2D eigenvalue weighted by Crippen LogP contribution is -2.46. The minimum absolute atomic E-state index is 0.0617. The molecule has 1 aromatic rings. The molecule has 10 nitrogen and oxygen atoms in total. The minimum atomic E-state index is -1.46. The van der Waals surface area contributed by atoms with Crippen LogP contribution < -0.4 is 9.47 Å². The maximum absolute atomic E-state index is 11.7. The lowest BCUT2D eigenvalue weighted by atomic mass is 9.92. The predicted octanol–water partition coefficient (Wildman–Crippen LogP) is 1.12. The quantitative estimate of drug-likeness (QED) is 0.443. The van der Waals surface area contributed by atoms with Crippen molar-refractivity contribution in [2.75, 3.05) is 27.4 Å². The summed E-state index contributed by atoms with van der Waals surface area (Å²) in [5, 5.41) is 22.8. The number of carboxylic acids is 1. The van der Waals surface area contributed by atoms with Crippen LogP contribution in [0.1, 0.15) is 17.2 Å². The highest BCUT2D eigenvalue weighted by Gasteiger charge is 2.41. The summed E-state index contributed by atoms with van der Waals surface area (Å²) in [5.74, 6) is -1.20. The van der Waals surface area contributed by atoms with Crippen molar-refractivity contribution in [2.24, 2.45) is 5.16 Å². The molecule has 0 aromatic carbocycles. The van der Waals surface area contributed by atoms with Crippen molar-refractivity contribution < 1.29 is 34.1 Å². The molecule has 134 valence electrons. The molecule has 2 N–H and O–H groups in total. The van der Waals surface area contributed by atoms with Gasteiger partial charge in [0.25, 0.3) is 0 Å². The molecule has 0 spiro atoms. The summed E-state index contributed by atoms with van der Waals surface area (Å²) in [6.45, 7) is 3.29. The van der Waals surface area contributed by atoms with Crippen LogP contribution in [0.2, 0.25) is 0 Å². The zero-order chi connectivity index (χ0) is 18.6. The van der Waals surface area contributed by atoms with Gasteiger partial charge in [-0.15, -0.1) is 0 Å². The van der Waals surface area contributed by atoms with E-state index in [1.54, 1.807) is 0 Å². The molecule has 0 radical (unpaired) electrons. The van der Waals surface area contributed by atoms with Gasteiger partial charge in [0.15, 0.2) is 6.04 Å². The number of amides is 1. The number of carbonyl (C=O) groups is 2. The summed E-state index contributed by atoms with van der Waals surface area (Å²) in [7, 11) is 2.70. The normalized spacial score (nSPS) is 17.6. The second-order valence-corrected chi connectivity index (χ2v) is 4.91. The van der Waals surface area contributed by atoms with E-state index < -0.39 is 18.1 Å². The van der Waals surface area contributed by atoms with Crippen molar-refractivity contribution in [3.63, 3.8) is 0 Å². The van der Waals surface area contributed by atoms with Gasteiger partial charge in [-0.2, -0.15) is 4.98 Å². The predicted molar refractivity (Wildman–Crippen MR) is 85.1 cm³/mol. The van der Waals surface area contributed by atoms with Crippen molar-refractivity contribution in [1.29, 1.82) is 0 Å². The number of fused-ring (bicyclic) bond motifs is 1. The first-order valence-corrected chi connectivity index (χ1v) is 7.10. The van der Waals surface area contributed by atoms with Crippen LogP contribution in [0.25, 0.3) is 0 Å². The summed E-state index contributed by atoms with van der Waals surface area (Å²) >= 11 is 0. The molecule has 0 fully saturated rings. The standard InChI is InChI=1S/C15H17N3O7/c1-4-5-25-17-9-7-18(15(21)22)12(14(19)20)8-6-10(23-2)16-13(24-3)11(8)9/h4,6,12H,1,5,7H2,2-3H3,(H,19,20)(H,21,22)/b17-9+. The van der Waals surface area contributed by atoms with Gasteiger partial charge in [-0.05, 0) is 0 Å². The lowest BCUT2D eigenvalue weighted by Gasteiger charge is -2.33. The Bertz CT molecular complexity index is 732. The van der Waals surface area contributed by atoms with E-state index in [0.717, 1.165) is 4.90 Å². The van der Waals surface area contributed by atoms with Gasteiger partial charge in [-0.1, -0.05) is 17.8 Å². The fraction of sp³-hybridized carbons (Fsp3) is 0.333. The molecule has 2 rings (SSSR count). The highest BCUT2D eigenvalue weighted by molar-refractivity contribution is 6.09. The van der Waals surface area contributed by atoms with Crippen molar-refractivity contribution >= 4 is 17.8 Å². The Balaban J connectivity index is 2.71. The van der Waals surface area contributed by atoms with E-state index in [2.05, 4.69) is 16.7 Å². The number of rotatable bonds is 6. The zero-order valence-corrected chi connectivity index (χ0v) is 13.6. The molecule has 0 bridgehead atoms. The number of aromatic nitrogens is 1. The third-order valence-electron chi connectivity index (χ3n) is 3.46. The van der Waals surface area contributed by atoms with Crippen molar-refractivity contribution in [3.05, 3.63) is 29.8 Å². The molecule has 1 unspecified atom stereocenters. The Kier molecular flexibility index (Phi) is 5.42. The number of aliphatic carboxylic acids is 1. The zero-order valence-electron chi connectivity index (χ0n) is 13.6. The number of carboxylic acid groups (broad SMARTS) is 2. The number of hydrogen-bond donors (Lipinski definition) is 2. The molecule has 1 atom stereocenters. The van der Waals surface area contributed by atoms with E-state index in [0.29, 0.717) is 0 Å². The van der Waals surface area contributed by atoms with E-state index >= 15 is 0 Å². The van der Waals surface area contributed by atoms with Crippen LogP contribution in [0, 0.1) is 0 Å². The third-order valence-corrected chi connectivity index (χ3v) is 3.46. The lowest BCUT2D eigenvalue weighted by molar-refractivity contribution is -0.142. The van der Waals surface area contributed by atoms with Gasteiger partial charge in [0.05, 0.1) is 26.3 Å². The molecule has 2 heterocycles. The van der Waals surface area contributed by atoms with Crippen LogP contribution in [0.3, 0.4) is 0 Å². The number of nitrogens with zero attached hydrogens (tertiary/aromatic N) is 3. The number of hydrogen-bond acceptors (Lipinski definition) is 7. The van der Waals surface area contributed by atoms with Crippen LogP contribution in [0.5, 0.6) is 11.8 Å². The molecule has 1 amide bonds. The Labute approximate surface area is 142 Å². The first-order chi connectivity index (χ1) is 11.9. The van der Waals surface area contributed by atoms with Crippen molar-refractivity contribution in [3.8, 4) is 11.8 Å². The molecule has 1 aromatic heterocycles. The van der Waals surface area contributed by atoms with Gasteiger partial charge in [0.2, 0.25) is 11.8 Å². The molecule has 25 heavy (non-hydrogen) atoms. The number of pyridine rings is 1. The highest BCUT2D eigenvalue weighted by atomic mass is 16.6. The molecule has 0 saturated carbocycles. The fourth-order valence-corrected chi connectivity index (χ4v) is 2.46. The third kappa shape index (κ3) is 3.47. The van der Waals surface area contributed by atoms with Crippen LogP contribution in [0.4, 0.5) is 4.79 Å². The molecule has 0 saturated heterocycles. The summed E-state index contributed by atoms with van der Waals surface area (Å²) in [5.41, 5.74) is 0.562. The van der Waals surface area contributed by atoms with Crippen LogP contribution in [0.15, 0.2) is 23.9 Å². The summed E-state index contributed by atoms with van der Waals surface area (Å²) in [4.78, 5) is 33.1. The van der Waals surface area contributed by atoms with E-state index in [4.69, 9.17) is 14.3 Å². The topological polar surface area (TPSA) is 131 Å². The molecular formula is C15H17N3O7. The summed E-state index contributed by atoms with van der Waals surface area (Å²) < 4.78 is 10.3. The molecule has 1 aliphatic rings. The van der Waals surface area contributed by atoms with Gasteiger partial charge in [-0.25, -0.2) is 9.59 Å². The van der Waals surface area contributed by atoms with Crippen LogP contribution >= 0.6 is 0 Å². The van der Waals surface area contributed by atoms with E-state index in [1.807, 2.05) is 0 Å². The number of oxime groups is 1. The van der Waals surface area contributed by atoms with Gasteiger partial charge < -0.3 is 24.5 Å². The Morgan fingerprint density at radius 3 is 2.68 bits per heavy atom. The van der Waals surface area contributed by atoms with E-state index in [1.165, 1.54) is 26.4 Å². The van der Waals surface area contributed by atoms with Gasteiger partial charge >= 0.3 is 12.1 Å². The smallest absolute Gasteiger partial charge is 0.408 e. The average molecular weight is 351 g/mol. The van der Waals surface area contributed by atoms with E-state index in [9.17, 15) is 19.8 Å². The SMILES string of the molecule is C=CCO/N=C1\CN(C(=O)O)C(C(=O)O)c2cc(OC)nc(OC)c21. The number of methoxy groups -OCH3 is 2. The first-order valence-electron chi connectivity index (χ1n) is 7.10. The minimum Gasteiger partial charge on any atom is -0.481 e. The van der Waals surface area contributed by atoms with Gasteiger partial charge in [-0.3, -0.25) is 4.90 Å². The van der Waals surface area contributed by atoms with Gasteiger partial charge in [0, 0.05) is 11.6 Å². The second-order valence-electron chi connectivity index (χ2n) is 4.91. The Morgan fingerprint density at radius 1 is 1.44 bits per heavy atom. The molecule has 0 aliphatic carbocycles.